The van der Waals surface area contributed by atoms with Gasteiger partial charge in [-0.1, -0.05) is 6.07 Å². The fourth-order valence-electron chi connectivity index (χ4n) is 1.68. The minimum Gasteiger partial charge on any atom is -0.309 e. The van der Waals surface area contributed by atoms with E-state index in [4.69, 9.17) is 0 Å². The van der Waals surface area contributed by atoms with Gasteiger partial charge >= 0.3 is 0 Å². The predicted molar refractivity (Wildman–Crippen MR) is 86.0 cm³/mol. The SMILES string of the molecule is O=c1c(Br)cc(Br)cn1Cc1ccc(Br)c([N+](=O)[O-])c1. The molecule has 20 heavy (non-hydrogen) atoms. The number of pyridine rings is 1. The van der Waals surface area contributed by atoms with Gasteiger partial charge in [-0.15, -0.1) is 0 Å². The van der Waals surface area contributed by atoms with Crippen LogP contribution in [0.1, 0.15) is 5.56 Å². The number of nitrogens with zero attached hydrogens (tertiary/aromatic N) is 2. The number of aromatic nitrogens is 1. The molecule has 0 bridgehead atoms. The molecule has 0 saturated carbocycles. The molecule has 0 fully saturated rings. The lowest BCUT2D eigenvalue weighted by Gasteiger charge is -2.08. The van der Waals surface area contributed by atoms with Crippen molar-refractivity contribution in [3.63, 3.8) is 0 Å². The van der Waals surface area contributed by atoms with Crippen molar-refractivity contribution in [2.45, 2.75) is 6.54 Å². The molecule has 1 aromatic heterocycles. The Kier molecular flexibility index (Phi) is 4.77. The highest BCUT2D eigenvalue weighted by Gasteiger charge is 2.13. The summed E-state index contributed by atoms with van der Waals surface area (Å²) in [7, 11) is 0. The molecule has 0 spiro atoms. The summed E-state index contributed by atoms with van der Waals surface area (Å²) < 4.78 is 3.06. The number of hydrogen-bond acceptors (Lipinski definition) is 3. The van der Waals surface area contributed by atoms with Gasteiger partial charge in [-0.3, -0.25) is 14.9 Å². The molecule has 5 nitrogen and oxygen atoms in total. The standard InChI is InChI=1S/C12H7Br3N2O3/c13-8-4-10(15)12(18)16(6-8)5-7-1-2-9(14)11(3-7)17(19)20/h1-4,6H,5H2. The van der Waals surface area contributed by atoms with E-state index < -0.39 is 4.92 Å². The quantitative estimate of drug-likeness (QED) is 0.505. The summed E-state index contributed by atoms with van der Waals surface area (Å²) in [5, 5.41) is 10.9. The largest absolute Gasteiger partial charge is 0.309 e. The van der Waals surface area contributed by atoms with Crippen LogP contribution in [0, 0.1) is 10.1 Å². The Hall–Kier alpha value is -0.990. The Morgan fingerprint density at radius 3 is 2.50 bits per heavy atom. The van der Waals surface area contributed by atoms with Crippen molar-refractivity contribution >= 4 is 53.5 Å². The monoisotopic (exact) mass is 464 g/mol. The maximum Gasteiger partial charge on any atom is 0.283 e. The highest BCUT2D eigenvalue weighted by atomic mass is 79.9. The normalized spacial score (nSPS) is 10.6. The predicted octanol–water partition coefficient (Wildman–Crippen LogP) is 4.09. The van der Waals surface area contributed by atoms with E-state index in [1.54, 1.807) is 24.4 Å². The van der Waals surface area contributed by atoms with Crippen LogP contribution in [0.5, 0.6) is 0 Å². The van der Waals surface area contributed by atoms with Crippen molar-refractivity contribution in [1.82, 2.24) is 4.57 Å². The molecule has 0 aliphatic rings. The zero-order valence-electron chi connectivity index (χ0n) is 9.85. The van der Waals surface area contributed by atoms with Gasteiger partial charge < -0.3 is 4.57 Å². The second-order valence-corrected chi connectivity index (χ2v) is 6.61. The lowest BCUT2D eigenvalue weighted by Crippen LogP contribution is -2.20. The molecule has 104 valence electrons. The van der Waals surface area contributed by atoms with Crippen LogP contribution in [0.3, 0.4) is 0 Å². The summed E-state index contributed by atoms with van der Waals surface area (Å²) in [6.45, 7) is 0.255. The molecule has 2 aromatic rings. The Labute approximate surface area is 139 Å². The Morgan fingerprint density at radius 1 is 1.15 bits per heavy atom. The van der Waals surface area contributed by atoms with Gasteiger partial charge in [0.15, 0.2) is 0 Å². The third-order valence-electron chi connectivity index (χ3n) is 2.57. The molecular formula is C12H7Br3N2O3. The van der Waals surface area contributed by atoms with E-state index in [9.17, 15) is 14.9 Å². The Morgan fingerprint density at radius 2 is 1.85 bits per heavy atom. The van der Waals surface area contributed by atoms with E-state index in [2.05, 4.69) is 47.8 Å². The average molecular weight is 467 g/mol. The lowest BCUT2D eigenvalue weighted by atomic mass is 10.2. The van der Waals surface area contributed by atoms with Crippen LogP contribution < -0.4 is 5.56 Å². The van der Waals surface area contributed by atoms with Gasteiger partial charge in [-0.2, -0.15) is 0 Å². The van der Waals surface area contributed by atoms with Gasteiger partial charge in [-0.05, 0) is 65.5 Å². The van der Waals surface area contributed by atoms with Crippen molar-refractivity contribution in [3.8, 4) is 0 Å². The van der Waals surface area contributed by atoms with E-state index in [0.717, 1.165) is 4.47 Å². The van der Waals surface area contributed by atoms with E-state index in [-0.39, 0.29) is 17.8 Å². The van der Waals surface area contributed by atoms with Crippen LogP contribution in [0.2, 0.25) is 0 Å². The van der Waals surface area contributed by atoms with Gasteiger partial charge in [0.25, 0.3) is 11.2 Å². The lowest BCUT2D eigenvalue weighted by molar-refractivity contribution is -0.385. The van der Waals surface area contributed by atoms with Crippen LogP contribution in [0.25, 0.3) is 0 Å². The van der Waals surface area contributed by atoms with Crippen molar-refractivity contribution in [1.29, 1.82) is 0 Å². The van der Waals surface area contributed by atoms with Gasteiger partial charge in [0.2, 0.25) is 0 Å². The van der Waals surface area contributed by atoms with Gasteiger partial charge in [0.05, 0.1) is 20.4 Å². The molecular weight excluding hydrogens is 460 g/mol. The highest BCUT2D eigenvalue weighted by molar-refractivity contribution is 9.11. The van der Waals surface area contributed by atoms with Crippen molar-refractivity contribution in [2.24, 2.45) is 0 Å². The topological polar surface area (TPSA) is 65.1 Å². The Balaban J connectivity index is 2.43. The minimum absolute atomic E-state index is 0.0235. The second kappa shape index (κ2) is 6.19. The molecule has 0 aliphatic carbocycles. The first-order chi connectivity index (χ1) is 9.38. The smallest absolute Gasteiger partial charge is 0.283 e. The van der Waals surface area contributed by atoms with Crippen molar-refractivity contribution < 1.29 is 4.92 Å². The van der Waals surface area contributed by atoms with Crippen LogP contribution in [-0.2, 0) is 6.54 Å². The zero-order chi connectivity index (χ0) is 14.9. The molecule has 0 unspecified atom stereocenters. The minimum atomic E-state index is -0.465. The third kappa shape index (κ3) is 3.36. The summed E-state index contributed by atoms with van der Waals surface area (Å²) in [6, 6.07) is 6.44. The summed E-state index contributed by atoms with van der Waals surface area (Å²) in [6.07, 6.45) is 1.64. The molecule has 1 aromatic carbocycles. The first-order valence-corrected chi connectivity index (χ1v) is 7.74. The molecule has 0 N–H and O–H groups in total. The maximum absolute atomic E-state index is 12.0. The summed E-state index contributed by atoms with van der Waals surface area (Å²) in [4.78, 5) is 22.4. The number of nitro benzene ring substituents is 1. The van der Waals surface area contributed by atoms with E-state index >= 15 is 0 Å². The summed E-state index contributed by atoms with van der Waals surface area (Å²) in [5.41, 5.74) is 0.454. The highest BCUT2D eigenvalue weighted by Crippen LogP contribution is 2.26. The molecule has 0 saturated heterocycles. The average Bonchev–Trinajstić information content (AvgIpc) is 2.37. The number of nitro groups is 1. The van der Waals surface area contributed by atoms with Crippen LogP contribution in [0.4, 0.5) is 5.69 Å². The molecule has 0 radical (unpaired) electrons. The van der Waals surface area contributed by atoms with Crippen LogP contribution >= 0.6 is 47.8 Å². The summed E-state index contributed by atoms with van der Waals surface area (Å²) in [5.74, 6) is 0. The Bertz CT molecular complexity index is 743. The number of halogens is 3. The van der Waals surface area contributed by atoms with Crippen molar-refractivity contribution in [3.05, 3.63) is 69.9 Å². The van der Waals surface area contributed by atoms with Gasteiger partial charge in [0.1, 0.15) is 0 Å². The second-order valence-electron chi connectivity index (χ2n) is 3.98. The molecule has 1 heterocycles. The van der Waals surface area contributed by atoms with Gasteiger partial charge in [0, 0.05) is 16.7 Å². The van der Waals surface area contributed by atoms with Gasteiger partial charge in [-0.25, -0.2) is 0 Å². The molecule has 0 aliphatic heterocycles. The zero-order valence-corrected chi connectivity index (χ0v) is 14.6. The molecule has 2 rings (SSSR count). The maximum atomic E-state index is 12.0. The number of benzene rings is 1. The van der Waals surface area contributed by atoms with Crippen LogP contribution in [-0.4, -0.2) is 9.49 Å². The molecule has 8 heteroatoms. The van der Waals surface area contributed by atoms with Crippen molar-refractivity contribution in [2.75, 3.05) is 0 Å². The van der Waals surface area contributed by atoms with Crippen LogP contribution in [0.15, 0.2) is 48.7 Å². The number of rotatable bonds is 3. The number of hydrogen-bond donors (Lipinski definition) is 0. The van der Waals surface area contributed by atoms with E-state index in [1.807, 2.05) is 0 Å². The molecule has 0 atom stereocenters. The first kappa shape index (κ1) is 15.4. The molecule has 0 amide bonds. The fraction of sp³-hybridized carbons (Fsp3) is 0.0833. The van der Waals surface area contributed by atoms with E-state index in [0.29, 0.717) is 14.5 Å². The fourth-order valence-corrected chi connectivity index (χ4v) is 3.32. The first-order valence-electron chi connectivity index (χ1n) is 5.37. The summed E-state index contributed by atoms with van der Waals surface area (Å²) >= 11 is 9.61. The third-order valence-corrected chi connectivity index (χ3v) is 4.24. The van der Waals surface area contributed by atoms with E-state index in [1.165, 1.54) is 10.6 Å².